The summed E-state index contributed by atoms with van der Waals surface area (Å²) in [5, 5.41) is 2.77. The molecule has 0 heterocycles. The van der Waals surface area contributed by atoms with Crippen molar-refractivity contribution in [3.05, 3.63) is 35.9 Å². The number of hydrogen-bond acceptors (Lipinski definition) is 3. The average molecular weight is 278 g/mol. The lowest BCUT2D eigenvalue weighted by Gasteiger charge is -2.21. The largest absolute Gasteiger partial charge is 0.444 e. The van der Waals surface area contributed by atoms with Crippen LogP contribution in [0.4, 0.5) is 4.79 Å². The van der Waals surface area contributed by atoms with Crippen molar-refractivity contribution in [3.63, 3.8) is 0 Å². The molecule has 0 saturated carbocycles. The van der Waals surface area contributed by atoms with Crippen LogP contribution in [-0.2, 0) is 11.2 Å². The molecule has 0 aliphatic rings. The molecule has 1 aromatic carbocycles. The molecule has 0 saturated heterocycles. The van der Waals surface area contributed by atoms with Crippen LogP contribution < -0.4 is 5.32 Å². The number of rotatable bonds is 6. The van der Waals surface area contributed by atoms with Crippen LogP contribution in [0.15, 0.2) is 30.3 Å². The van der Waals surface area contributed by atoms with E-state index in [1.807, 2.05) is 26.8 Å². The van der Waals surface area contributed by atoms with Crippen molar-refractivity contribution < 1.29 is 9.53 Å². The minimum Gasteiger partial charge on any atom is -0.444 e. The minimum atomic E-state index is -0.441. The summed E-state index contributed by atoms with van der Waals surface area (Å²) in [5.74, 6) is 0. The number of alkyl carbamates (subject to hydrolysis) is 1. The highest BCUT2D eigenvalue weighted by atomic mass is 16.6. The Balaban J connectivity index is 2.14. The Morgan fingerprint density at radius 3 is 2.45 bits per heavy atom. The third-order valence-electron chi connectivity index (χ3n) is 2.79. The van der Waals surface area contributed by atoms with E-state index in [9.17, 15) is 4.79 Å². The van der Waals surface area contributed by atoms with Crippen LogP contribution in [0.2, 0.25) is 0 Å². The van der Waals surface area contributed by atoms with Crippen LogP contribution in [0.25, 0.3) is 0 Å². The van der Waals surface area contributed by atoms with Crippen molar-refractivity contribution in [2.45, 2.75) is 32.8 Å². The van der Waals surface area contributed by atoms with E-state index in [4.69, 9.17) is 4.74 Å². The maximum atomic E-state index is 11.5. The Labute approximate surface area is 122 Å². The Bertz CT molecular complexity index is 399. The highest BCUT2D eigenvalue weighted by Gasteiger charge is 2.15. The summed E-state index contributed by atoms with van der Waals surface area (Å²) in [5.41, 5.74) is 0.892. The summed E-state index contributed by atoms with van der Waals surface area (Å²) < 4.78 is 5.18. The van der Waals surface area contributed by atoms with E-state index in [0.29, 0.717) is 6.54 Å². The molecule has 0 atom stereocenters. The lowest BCUT2D eigenvalue weighted by atomic mass is 10.1. The number of nitrogens with one attached hydrogen (secondary N) is 1. The molecule has 1 amide bonds. The lowest BCUT2D eigenvalue weighted by molar-refractivity contribution is 0.0523. The highest BCUT2D eigenvalue weighted by Crippen LogP contribution is 2.06. The third kappa shape index (κ3) is 7.79. The zero-order valence-corrected chi connectivity index (χ0v) is 13.0. The number of ether oxygens (including phenoxy) is 1. The number of amides is 1. The molecule has 4 nitrogen and oxygen atoms in total. The molecule has 4 heteroatoms. The summed E-state index contributed by atoms with van der Waals surface area (Å²) >= 11 is 0. The summed E-state index contributed by atoms with van der Waals surface area (Å²) in [6.45, 7) is 7.96. The topological polar surface area (TPSA) is 41.6 Å². The van der Waals surface area contributed by atoms with E-state index in [1.54, 1.807) is 0 Å². The zero-order valence-electron chi connectivity index (χ0n) is 13.0. The van der Waals surface area contributed by atoms with E-state index >= 15 is 0 Å². The molecule has 0 spiro atoms. The SMILES string of the molecule is CN(CCNC(=O)OC(C)(C)C)CCc1ccccc1. The predicted octanol–water partition coefficient (Wildman–Crippen LogP) is 2.69. The van der Waals surface area contributed by atoms with Crippen molar-refractivity contribution in [2.75, 3.05) is 26.7 Å². The van der Waals surface area contributed by atoms with Crippen molar-refractivity contribution in [3.8, 4) is 0 Å². The molecule has 0 fully saturated rings. The molecule has 0 aromatic heterocycles. The monoisotopic (exact) mass is 278 g/mol. The van der Waals surface area contributed by atoms with Crippen LogP contribution in [0.3, 0.4) is 0 Å². The maximum Gasteiger partial charge on any atom is 0.407 e. The normalized spacial score (nSPS) is 11.4. The van der Waals surface area contributed by atoms with Gasteiger partial charge in [-0.1, -0.05) is 30.3 Å². The Hall–Kier alpha value is -1.55. The number of carbonyl (C=O) groups is 1. The molecular weight excluding hydrogens is 252 g/mol. The quantitative estimate of drug-likeness (QED) is 0.870. The van der Waals surface area contributed by atoms with Crippen LogP contribution in [0.1, 0.15) is 26.3 Å². The fraction of sp³-hybridized carbons (Fsp3) is 0.562. The van der Waals surface area contributed by atoms with E-state index in [0.717, 1.165) is 19.5 Å². The average Bonchev–Trinajstić information content (AvgIpc) is 2.35. The van der Waals surface area contributed by atoms with Gasteiger partial charge in [0.2, 0.25) is 0 Å². The first-order chi connectivity index (χ1) is 9.37. The van der Waals surface area contributed by atoms with Gasteiger partial charge in [0.1, 0.15) is 5.60 Å². The Morgan fingerprint density at radius 1 is 1.20 bits per heavy atom. The molecule has 0 aliphatic carbocycles. The van der Waals surface area contributed by atoms with Gasteiger partial charge in [-0.2, -0.15) is 0 Å². The fourth-order valence-electron chi connectivity index (χ4n) is 1.74. The molecule has 0 radical (unpaired) electrons. The highest BCUT2D eigenvalue weighted by molar-refractivity contribution is 5.67. The summed E-state index contributed by atoms with van der Waals surface area (Å²) in [6.07, 6.45) is 0.665. The van der Waals surface area contributed by atoms with E-state index in [1.165, 1.54) is 5.56 Å². The Kier molecular flexibility index (Phi) is 6.52. The molecule has 0 unspecified atom stereocenters. The first-order valence-corrected chi connectivity index (χ1v) is 7.06. The van der Waals surface area contributed by atoms with Gasteiger partial charge in [0.15, 0.2) is 0 Å². The van der Waals surface area contributed by atoms with Crippen LogP contribution in [-0.4, -0.2) is 43.3 Å². The smallest absolute Gasteiger partial charge is 0.407 e. The van der Waals surface area contributed by atoms with E-state index in [2.05, 4.69) is 41.5 Å². The molecule has 1 N–H and O–H groups in total. The second-order valence-corrected chi connectivity index (χ2v) is 5.97. The molecule has 112 valence electrons. The molecular formula is C16H26N2O2. The van der Waals surface area contributed by atoms with Gasteiger partial charge in [-0.05, 0) is 39.8 Å². The van der Waals surface area contributed by atoms with Crippen LogP contribution in [0, 0.1) is 0 Å². The number of nitrogens with zero attached hydrogens (tertiary/aromatic N) is 1. The minimum absolute atomic E-state index is 0.353. The van der Waals surface area contributed by atoms with Gasteiger partial charge < -0.3 is 15.0 Å². The lowest BCUT2D eigenvalue weighted by Crippen LogP contribution is -2.37. The fourth-order valence-corrected chi connectivity index (χ4v) is 1.74. The molecule has 1 rings (SSSR count). The predicted molar refractivity (Wildman–Crippen MR) is 81.9 cm³/mol. The third-order valence-corrected chi connectivity index (χ3v) is 2.79. The summed E-state index contributed by atoms with van der Waals surface area (Å²) in [6, 6.07) is 10.4. The first-order valence-electron chi connectivity index (χ1n) is 7.06. The molecule has 20 heavy (non-hydrogen) atoms. The molecule has 1 aromatic rings. The Morgan fingerprint density at radius 2 is 1.85 bits per heavy atom. The summed E-state index contributed by atoms with van der Waals surface area (Å²) in [4.78, 5) is 13.7. The standard InChI is InChI=1S/C16H26N2O2/c1-16(2,3)20-15(19)17-11-13-18(4)12-10-14-8-6-5-7-9-14/h5-9H,10-13H2,1-4H3,(H,17,19). The van der Waals surface area contributed by atoms with Crippen molar-refractivity contribution >= 4 is 6.09 Å². The zero-order chi connectivity index (χ0) is 15.0. The van der Waals surface area contributed by atoms with Crippen molar-refractivity contribution in [2.24, 2.45) is 0 Å². The number of likely N-dealkylation sites (N-methyl/N-ethyl adjacent to an activating group) is 1. The van der Waals surface area contributed by atoms with E-state index in [-0.39, 0.29) is 6.09 Å². The second-order valence-electron chi connectivity index (χ2n) is 5.97. The van der Waals surface area contributed by atoms with Gasteiger partial charge in [-0.15, -0.1) is 0 Å². The van der Waals surface area contributed by atoms with E-state index < -0.39 is 5.60 Å². The van der Waals surface area contributed by atoms with Crippen LogP contribution in [0.5, 0.6) is 0 Å². The van der Waals surface area contributed by atoms with Gasteiger partial charge in [0.25, 0.3) is 0 Å². The first kappa shape index (κ1) is 16.5. The number of carbonyl (C=O) groups excluding carboxylic acids is 1. The number of hydrogen-bond donors (Lipinski definition) is 1. The van der Waals surface area contributed by atoms with Crippen molar-refractivity contribution in [1.29, 1.82) is 0 Å². The van der Waals surface area contributed by atoms with Gasteiger partial charge >= 0.3 is 6.09 Å². The molecule has 0 aliphatic heterocycles. The van der Waals surface area contributed by atoms with Crippen molar-refractivity contribution in [1.82, 2.24) is 10.2 Å². The van der Waals surface area contributed by atoms with Gasteiger partial charge in [0, 0.05) is 19.6 Å². The second kappa shape index (κ2) is 7.90. The maximum absolute atomic E-state index is 11.5. The summed E-state index contributed by atoms with van der Waals surface area (Å²) in [7, 11) is 2.06. The van der Waals surface area contributed by atoms with Gasteiger partial charge in [-0.3, -0.25) is 0 Å². The van der Waals surface area contributed by atoms with Gasteiger partial charge in [-0.25, -0.2) is 4.79 Å². The number of benzene rings is 1. The van der Waals surface area contributed by atoms with Gasteiger partial charge in [0.05, 0.1) is 0 Å². The van der Waals surface area contributed by atoms with Crippen LogP contribution >= 0.6 is 0 Å². The molecule has 0 bridgehead atoms.